The van der Waals surface area contributed by atoms with Crippen LogP contribution < -0.4 is 4.74 Å². The van der Waals surface area contributed by atoms with Gasteiger partial charge in [0.15, 0.2) is 11.6 Å². The third-order valence-electron chi connectivity index (χ3n) is 4.42. The van der Waals surface area contributed by atoms with E-state index in [2.05, 4.69) is 25.7 Å². The first-order chi connectivity index (χ1) is 13.2. The Balaban J connectivity index is 2.01. The van der Waals surface area contributed by atoms with Crippen molar-refractivity contribution in [1.29, 1.82) is 0 Å². The van der Waals surface area contributed by atoms with E-state index in [9.17, 15) is 8.78 Å². The van der Waals surface area contributed by atoms with Crippen LogP contribution in [0.4, 0.5) is 8.78 Å². The molecule has 2 aromatic carbocycles. The molecule has 27 heavy (non-hydrogen) atoms. The van der Waals surface area contributed by atoms with Crippen molar-refractivity contribution >= 4 is 0 Å². The minimum absolute atomic E-state index is 0.0895. The van der Waals surface area contributed by atoms with Gasteiger partial charge in [-0.25, -0.2) is 8.78 Å². The van der Waals surface area contributed by atoms with Crippen LogP contribution in [0.3, 0.4) is 0 Å². The van der Waals surface area contributed by atoms with E-state index >= 15 is 0 Å². The van der Waals surface area contributed by atoms with Gasteiger partial charge in [0.1, 0.15) is 5.75 Å². The Morgan fingerprint density at radius 1 is 0.778 bits per heavy atom. The third-order valence-corrected chi connectivity index (χ3v) is 4.42. The molecule has 0 heterocycles. The lowest BCUT2D eigenvalue weighted by molar-refractivity contribution is 0.306. The minimum Gasteiger partial charge on any atom is -0.494 e. The normalized spacial score (nSPS) is 10.4. The summed E-state index contributed by atoms with van der Waals surface area (Å²) in [4.78, 5) is 0. The van der Waals surface area contributed by atoms with Crippen molar-refractivity contribution in [3.8, 4) is 17.6 Å². The van der Waals surface area contributed by atoms with Crippen molar-refractivity contribution < 1.29 is 13.5 Å². The van der Waals surface area contributed by atoms with Gasteiger partial charge in [0.2, 0.25) is 0 Å². The molecule has 0 N–H and O–H groups in total. The number of halogens is 2. The van der Waals surface area contributed by atoms with Gasteiger partial charge in [0, 0.05) is 5.56 Å². The monoisotopic (exact) mass is 370 g/mol. The Hall–Kier alpha value is -2.34. The van der Waals surface area contributed by atoms with Gasteiger partial charge in [0.25, 0.3) is 0 Å². The summed E-state index contributed by atoms with van der Waals surface area (Å²) >= 11 is 0. The van der Waals surface area contributed by atoms with E-state index in [4.69, 9.17) is 4.74 Å². The highest BCUT2D eigenvalue weighted by atomic mass is 19.2. The quantitative estimate of drug-likeness (QED) is 0.354. The molecule has 0 spiro atoms. The van der Waals surface area contributed by atoms with Crippen LogP contribution in [0.15, 0.2) is 36.4 Å². The second-order valence-corrected chi connectivity index (χ2v) is 6.69. The summed E-state index contributed by atoms with van der Waals surface area (Å²) in [6.07, 6.45) is 6.85. The highest BCUT2D eigenvalue weighted by molar-refractivity contribution is 5.45. The Kier molecular flexibility index (Phi) is 8.84. The highest BCUT2D eigenvalue weighted by Gasteiger charge is 2.11. The van der Waals surface area contributed by atoms with Gasteiger partial charge in [-0.05, 0) is 55.2 Å². The molecule has 0 fully saturated rings. The van der Waals surface area contributed by atoms with Gasteiger partial charge < -0.3 is 4.74 Å². The third kappa shape index (κ3) is 6.71. The van der Waals surface area contributed by atoms with Crippen LogP contribution in [-0.2, 0) is 6.42 Å². The van der Waals surface area contributed by atoms with E-state index in [1.54, 1.807) is 12.1 Å². The first-order valence-corrected chi connectivity index (χ1v) is 9.87. The molecule has 0 aliphatic rings. The number of hydrogen-bond donors (Lipinski definition) is 0. The second kappa shape index (κ2) is 11.4. The molecular weight excluding hydrogens is 342 g/mol. The fourth-order valence-electron chi connectivity index (χ4n) is 2.76. The zero-order chi connectivity index (χ0) is 19.5. The Morgan fingerprint density at radius 3 is 2.19 bits per heavy atom. The van der Waals surface area contributed by atoms with Gasteiger partial charge in [-0.1, -0.05) is 57.4 Å². The first kappa shape index (κ1) is 21.0. The maximum absolute atomic E-state index is 14.2. The van der Waals surface area contributed by atoms with Crippen molar-refractivity contribution in [2.75, 3.05) is 6.61 Å². The number of rotatable bonds is 9. The molecule has 2 aromatic rings. The van der Waals surface area contributed by atoms with Crippen molar-refractivity contribution in [1.82, 2.24) is 0 Å². The summed E-state index contributed by atoms with van der Waals surface area (Å²) < 4.78 is 34.1. The molecule has 0 bridgehead atoms. The van der Waals surface area contributed by atoms with E-state index < -0.39 is 11.6 Å². The lowest BCUT2D eigenvalue weighted by Gasteiger charge is -2.05. The lowest BCUT2D eigenvalue weighted by atomic mass is 10.0. The van der Waals surface area contributed by atoms with Crippen LogP contribution in [0.5, 0.6) is 5.75 Å². The van der Waals surface area contributed by atoms with Gasteiger partial charge in [0.05, 0.1) is 12.2 Å². The molecule has 0 aromatic heterocycles. The number of hydrogen-bond acceptors (Lipinski definition) is 1. The highest BCUT2D eigenvalue weighted by Crippen LogP contribution is 2.18. The molecule has 3 heteroatoms. The summed E-state index contributed by atoms with van der Waals surface area (Å²) in [5.74, 6) is 4.80. The zero-order valence-electron chi connectivity index (χ0n) is 16.3. The molecular formula is C24H28F2O. The number of ether oxygens (including phenoxy) is 1. The smallest absolute Gasteiger partial charge is 0.174 e. The summed E-state index contributed by atoms with van der Waals surface area (Å²) in [5, 5.41) is 0. The summed E-state index contributed by atoms with van der Waals surface area (Å²) in [7, 11) is 0. The zero-order valence-corrected chi connectivity index (χ0v) is 16.3. The molecule has 0 saturated carbocycles. The van der Waals surface area contributed by atoms with E-state index in [0.29, 0.717) is 18.6 Å². The summed E-state index contributed by atoms with van der Waals surface area (Å²) in [6.45, 7) is 4.94. The second-order valence-electron chi connectivity index (χ2n) is 6.69. The first-order valence-electron chi connectivity index (χ1n) is 9.87. The molecule has 2 rings (SSSR count). The molecule has 0 amide bonds. The lowest BCUT2D eigenvalue weighted by Crippen LogP contribution is -1.98. The van der Waals surface area contributed by atoms with Crippen LogP contribution in [0.2, 0.25) is 0 Å². The van der Waals surface area contributed by atoms with Crippen molar-refractivity contribution in [2.24, 2.45) is 0 Å². The topological polar surface area (TPSA) is 9.23 Å². The molecule has 144 valence electrons. The number of aryl methyl sites for hydroxylation is 1. The number of unbranched alkanes of at least 4 members (excludes halogenated alkanes) is 4. The summed E-state index contributed by atoms with van der Waals surface area (Å²) in [5.41, 5.74) is 1.26. The van der Waals surface area contributed by atoms with Gasteiger partial charge >= 0.3 is 0 Å². The van der Waals surface area contributed by atoms with Crippen molar-refractivity contribution in [3.05, 3.63) is 64.7 Å². The molecule has 0 aliphatic carbocycles. The maximum Gasteiger partial charge on any atom is 0.174 e. The van der Waals surface area contributed by atoms with Crippen LogP contribution in [0, 0.1) is 23.5 Å². The molecule has 1 nitrogen and oxygen atoms in total. The van der Waals surface area contributed by atoms with Gasteiger partial charge in [-0.3, -0.25) is 0 Å². The maximum atomic E-state index is 14.2. The van der Waals surface area contributed by atoms with Crippen molar-refractivity contribution in [2.45, 2.75) is 58.8 Å². The Bertz CT molecular complexity index is 769. The van der Waals surface area contributed by atoms with Crippen LogP contribution in [0.25, 0.3) is 0 Å². The molecule has 0 atom stereocenters. The predicted molar refractivity (Wildman–Crippen MR) is 107 cm³/mol. The van der Waals surface area contributed by atoms with Gasteiger partial charge in [-0.15, -0.1) is 0 Å². The Morgan fingerprint density at radius 2 is 1.48 bits per heavy atom. The van der Waals surface area contributed by atoms with Crippen LogP contribution >= 0.6 is 0 Å². The fourth-order valence-corrected chi connectivity index (χ4v) is 2.76. The average molecular weight is 370 g/mol. The van der Waals surface area contributed by atoms with Crippen molar-refractivity contribution in [3.63, 3.8) is 0 Å². The SMILES string of the molecule is CCCCCOc1ccc(C#Cc2ccc(CCCCC)c(F)c2F)cc1. The predicted octanol–water partition coefficient (Wildman–Crippen LogP) is 6.67. The van der Waals surface area contributed by atoms with E-state index in [1.165, 1.54) is 0 Å². The fraction of sp³-hybridized carbons (Fsp3) is 0.417. The largest absolute Gasteiger partial charge is 0.494 e. The Labute approximate surface area is 161 Å². The van der Waals surface area contributed by atoms with E-state index in [-0.39, 0.29) is 5.56 Å². The molecule has 0 saturated heterocycles. The van der Waals surface area contributed by atoms with E-state index in [0.717, 1.165) is 49.8 Å². The van der Waals surface area contributed by atoms with Crippen LogP contribution in [-0.4, -0.2) is 6.61 Å². The molecule has 0 radical (unpaired) electrons. The molecule has 0 aliphatic heterocycles. The van der Waals surface area contributed by atoms with Crippen LogP contribution in [0.1, 0.15) is 69.1 Å². The average Bonchev–Trinajstić information content (AvgIpc) is 2.69. The van der Waals surface area contributed by atoms with Gasteiger partial charge in [-0.2, -0.15) is 0 Å². The standard InChI is InChI=1S/C24H28F2O/c1-3-5-7-9-20-14-15-21(24(26)23(20)25)13-10-19-11-16-22(17-12-19)27-18-8-6-4-2/h11-12,14-17H,3-9,18H2,1-2H3. The number of benzene rings is 2. The van der Waals surface area contributed by atoms with E-state index in [1.807, 2.05) is 24.3 Å². The summed E-state index contributed by atoms with van der Waals surface area (Å²) in [6, 6.07) is 10.6. The molecule has 0 unspecified atom stereocenters. The minimum atomic E-state index is -0.854.